The van der Waals surface area contributed by atoms with Crippen LogP contribution in [0.3, 0.4) is 0 Å². The number of unbranched alkanes of at least 4 members (excludes halogenated alkanes) is 14. The van der Waals surface area contributed by atoms with Gasteiger partial charge in [0.2, 0.25) is 0 Å². The van der Waals surface area contributed by atoms with Crippen LogP contribution in [-0.2, 0) is 10.1 Å². The summed E-state index contributed by atoms with van der Waals surface area (Å²) >= 11 is 0. The fourth-order valence-electron chi connectivity index (χ4n) is 3.71. The van der Waals surface area contributed by atoms with E-state index in [-0.39, 0.29) is 16.2 Å². The Morgan fingerprint density at radius 1 is 0.724 bits per heavy atom. The van der Waals surface area contributed by atoms with Crippen molar-refractivity contribution in [1.82, 2.24) is 0 Å². The number of rotatable bonds is 18. The zero-order chi connectivity index (χ0) is 21.4. The quantitative estimate of drug-likeness (QED) is 0.152. The summed E-state index contributed by atoms with van der Waals surface area (Å²) in [6.07, 6.45) is 19.3. The molecule has 1 aromatic rings. The van der Waals surface area contributed by atoms with E-state index in [2.05, 4.69) is 6.92 Å². The van der Waals surface area contributed by atoms with Crippen LogP contribution in [0.5, 0.6) is 0 Å². The molecular weight excluding hydrogens is 384 g/mol. The SMILES string of the molecule is CCCCCCCCCCCCCCCCCC(=O)c1ccccc1S(=O)(=O)O. The summed E-state index contributed by atoms with van der Waals surface area (Å²) in [5, 5.41) is 0. The van der Waals surface area contributed by atoms with Gasteiger partial charge in [0, 0.05) is 12.0 Å². The summed E-state index contributed by atoms with van der Waals surface area (Å²) in [6, 6.07) is 5.87. The van der Waals surface area contributed by atoms with E-state index < -0.39 is 10.1 Å². The van der Waals surface area contributed by atoms with Crippen molar-refractivity contribution in [1.29, 1.82) is 0 Å². The average Bonchev–Trinajstić information content (AvgIpc) is 2.70. The van der Waals surface area contributed by atoms with Crippen molar-refractivity contribution in [2.24, 2.45) is 0 Å². The van der Waals surface area contributed by atoms with Crippen molar-refractivity contribution >= 4 is 15.9 Å². The molecular formula is C24H40O4S. The average molecular weight is 425 g/mol. The summed E-state index contributed by atoms with van der Waals surface area (Å²) in [6.45, 7) is 2.26. The predicted octanol–water partition coefficient (Wildman–Crippen LogP) is 7.38. The van der Waals surface area contributed by atoms with E-state index in [0.29, 0.717) is 6.42 Å². The molecule has 1 rings (SSSR count). The maximum Gasteiger partial charge on any atom is 0.295 e. The van der Waals surface area contributed by atoms with Crippen LogP contribution >= 0.6 is 0 Å². The summed E-state index contributed by atoms with van der Waals surface area (Å²) < 4.78 is 32.0. The second-order valence-electron chi connectivity index (χ2n) is 8.09. The van der Waals surface area contributed by atoms with Crippen LogP contribution in [0.4, 0.5) is 0 Å². The largest absolute Gasteiger partial charge is 0.295 e. The van der Waals surface area contributed by atoms with Gasteiger partial charge in [0.15, 0.2) is 5.78 Å². The fourth-order valence-corrected chi connectivity index (χ4v) is 4.42. The minimum Gasteiger partial charge on any atom is -0.294 e. The molecule has 0 bridgehead atoms. The highest BCUT2D eigenvalue weighted by Crippen LogP contribution is 2.19. The normalized spacial score (nSPS) is 11.7. The molecule has 0 aliphatic heterocycles. The highest BCUT2D eigenvalue weighted by atomic mass is 32.2. The summed E-state index contributed by atoms with van der Waals surface area (Å²) in [5.74, 6) is -0.215. The van der Waals surface area contributed by atoms with E-state index in [1.807, 2.05) is 0 Å². The van der Waals surface area contributed by atoms with E-state index in [1.165, 1.54) is 95.2 Å². The number of ketones is 1. The third-order valence-electron chi connectivity index (χ3n) is 5.47. The van der Waals surface area contributed by atoms with E-state index in [9.17, 15) is 17.8 Å². The lowest BCUT2D eigenvalue weighted by atomic mass is 10.0. The molecule has 0 saturated heterocycles. The second-order valence-corrected chi connectivity index (χ2v) is 9.48. The monoisotopic (exact) mass is 424 g/mol. The smallest absolute Gasteiger partial charge is 0.294 e. The molecule has 0 saturated carbocycles. The zero-order valence-electron chi connectivity index (χ0n) is 18.2. The third kappa shape index (κ3) is 12.2. The summed E-state index contributed by atoms with van der Waals surface area (Å²) in [5.41, 5.74) is 0.0976. The molecule has 0 heterocycles. The number of Topliss-reactive ketones (excluding diaryl/α,β-unsaturated/α-hetero) is 1. The number of hydrogen-bond donors (Lipinski definition) is 1. The molecule has 4 nitrogen and oxygen atoms in total. The van der Waals surface area contributed by atoms with Gasteiger partial charge in [-0.1, -0.05) is 115 Å². The predicted molar refractivity (Wildman–Crippen MR) is 120 cm³/mol. The van der Waals surface area contributed by atoms with Crippen LogP contribution in [0.25, 0.3) is 0 Å². The number of benzene rings is 1. The molecule has 166 valence electrons. The van der Waals surface area contributed by atoms with Crippen molar-refractivity contribution in [3.05, 3.63) is 29.8 Å². The molecule has 1 aromatic carbocycles. The van der Waals surface area contributed by atoms with Crippen molar-refractivity contribution in [3.8, 4) is 0 Å². The Kier molecular flexibility index (Phi) is 13.9. The summed E-state index contributed by atoms with van der Waals surface area (Å²) in [4.78, 5) is 12.0. The molecule has 5 heteroatoms. The van der Waals surface area contributed by atoms with Crippen LogP contribution in [0, 0.1) is 0 Å². The maximum atomic E-state index is 12.3. The standard InChI is InChI=1S/C24H40O4S/c1-2-3-4-5-6-7-8-9-10-11-12-13-14-15-16-20-23(25)22-19-17-18-21-24(22)29(26,27)28/h17-19,21H,2-16,20H2,1H3,(H,26,27,28). The first-order valence-electron chi connectivity index (χ1n) is 11.6. The molecule has 0 amide bonds. The van der Waals surface area contributed by atoms with Gasteiger partial charge in [-0.3, -0.25) is 9.35 Å². The van der Waals surface area contributed by atoms with E-state index in [0.717, 1.165) is 19.3 Å². The second kappa shape index (κ2) is 15.6. The van der Waals surface area contributed by atoms with Crippen LogP contribution < -0.4 is 0 Å². The molecule has 1 N–H and O–H groups in total. The Bertz CT molecular complexity index is 667. The molecule has 0 aromatic heterocycles. The first-order chi connectivity index (χ1) is 14.0. The zero-order valence-corrected chi connectivity index (χ0v) is 19.0. The Balaban J connectivity index is 2.01. The lowest BCUT2D eigenvalue weighted by Gasteiger charge is -2.06. The van der Waals surface area contributed by atoms with Gasteiger partial charge in [0.05, 0.1) is 0 Å². The van der Waals surface area contributed by atoms with E-state index in [4.69, 9.17) is 0 Å². The Labute approximate surface area is 178 Å². The lowest BCUT2D eigenvalue weighted by Crippen LogP contribution is -2.08. The van der Waals surface area contributed by atoms with Gasteiger partial charge in [0.1, 0.15) is 4.90 Å². The van der Waals surface area contributed by atoms with Crippen LogP contribution in [0.2, 0.25) is 0 Å². The number of carbonyl (C=O) groups excluding carboxylic acids is 1. The van der Waals surface area contributed by atoms with Gasteiger partial charge in [-0.05, 0) is 12.5 Å². The molecule has 0 atom stereocenters. The maximum absolute atomic E-state index is 12.3. The van der Waals surface area contributed by atoms with Gasteiger partial charge in [0.25, 0.3) is 10.1 Å². The van der Waals surface area contributed by atoms with Crippen molar-refractivity contribution in [2.45, 2.75) is 115 Å². The Hall–Kier alpha value is -1.20. The highest BCUT2D eigenvalue weighted by molar-refractivity contribution is 7.86. The van der Waals surface area contributed by atoms with Gasteiger partial charge in [-0.25, -0.2) is 0 Å². The molecule has 0 aliphatic carbocycles. The van der Waals surface area contributed by atoms with E-state index >= 15 is 0 Å². The molecule has 29 heavy (non-hydrogen) atoms. The topological polar surface area (TPSA) is 71.4 Å². The first-order valence-corrected chi connectivity index (χ1v) is 13.0. The molecule has 0 spiro atoms. The number of carbonyl (C=O) groups is 1. The van der Waals surface area contributed by atoms with Gasteiger partial charge in [-0.2, -0.15) is 8.42 Å². The first kappa shape index (κ1) is 25.8. The minimum atomic E-state index is -4.36. The van der Waals surface area contributed by atoms with Crippen molar-refractivity contribution in [2.75, 3.05) is 0 Å². The van der Waals surface area contributed by atoms with Crippen molar-refractivity contribution in [3.63, 3.8) is 0 Å². The molecule has 0 fully saturated rings. The van der Waals surface area contributed by atoms with Gasteiger partial charge >= 0.3 is 0 Å². The van der Waals surface area contributed by atoms with Crippen molar-refractivity contribution < 1.29 is 17.8 Å². The van der Waals surface area contributed by atoms with Crippen LogP contribution in [0.1, 0.15) is 120 Å². The van der Waals surface area contributed by atoms with Gasteiger partial charge in [-0.15, -0.1) is 0 Å². The molecule has 0 aliphatic rings. The molecule has 0 unspecified atom stereocenters. The third-order valence-corrected chi connectivity index (χ3v) is 6.38. The minimum absolute atomic E-state index is 0.0976. The highest BCUT2D eigenvalue weighted by Gasteiger charge is 2.19. The Morgan fingerprint density at radius 3 is 1.59 bits per heavy atom. The summed E-state index contributed by atoms with van der Waals surface area (Å²) in [7, 11) is -4.36. The van der Waals surface area contributed by atoms with Crippen LogP contribution in [-0.4, -0.2) is 18.8 Å². The van der Waals surface area contributed by atoms with E-state index in [1.54, 1.807) is 6.07 Å². The lowest BCUT2D eigenvalue weighted by molar-refractivity contribution is 0.0975. The molecule has 0 radical (unpaired) electrons. The van der Waals surface area contributed by atoms with Gasteiger partial charge < -0.3 is 0 Å². The fraction of sp³-hybridized carbons (Fsp3) is 0.708. The van der Waals surface area contributed by atoms with Crippen LogP contribution in [0.15, 0.2) is 29.2 Å². The Morgan fingerprint density at radius 2 is 1.14 bits per heavy atom. The number of hydrogen-bond acceptors (Lipinski definition) is 3.